The van der Waals surface area contributed by atoms with Crippen molar-refractivity contribution in [2.75, 3.05) is 26.6 Å². The summed E-state index contributed by atoms with van der Waals surface area (Å²) in [6.07, 6.45) is 1.45. The van der Waals surface area contributed by atoms with E-state index >= 15 is 0 Å². The van der Waals surface area contributed by atoms with Crippen LogP contribution in [-0.2, 0) is 38.2 Å². The van der Waals surface area contributed by atoms with E-state index in [4.69, 9.17) is 25.1 Å². The highest BCUT2D eigenvalue weighted by Crippen LogP contribution is 2.46. The normalized spacial score (nSPS) is 21.2. The van der Waals surface area contributed by atoms with Gasteiger partial charge in [-0.25, -0.2) is 9.59 Å². The van der Waals surface area contributed by atoms with E-state index in [2.05, 4.69) is 5.32 Å². The second-order valence-corrected chi connectivity index (χ2v) is 9.87. The van der Waals surface area contributed by atoms with Crippen LogP contribution in [0.4, 0.5) is 0 Å². The van der Waals surface area contributed by atoms with Crippen molar-refractivity contribution in [1.82, 2.24) is 10.2 Å². The van der Waals surface area contributed by atoms with Crippen LogP contribution in [0.3, 0.4) is 0 Å². The van der Waals surface area contributed by atoms with Crippen LogP contribution in [0, 0.1) is 0 Å². The van der Waals surface area contributed by atoms with Gasteiger partial charge in [0, 0.05) is 24.9 Å². The van der Waals surface area contributed by atoms with Crippen LogP contribution < -0.4 is 11.1 Å². The molecule has 1 aromatic rings. The van der Waals surface area contributed by atoms with Gasteiger partial charge < -0.3 is 40.6 Å². The summed E-state index contributed by atoms with van der Waals surface area (Å²) in [5, 5.41) is 29.7. The predicted octanol–water partition coefficient (Wildman–Crippen LogP) is 0.218. The number of esters is 1. The summed E-state index contributed by atoms with van der Waals surface area (Å²) in [5.41, 5.74) is 3.91. The number of nitrogens with two attached hydrogens (primary N) is 1. The Morgan fingerprint density at radius 2 is 1.90 bits per heavy atom. The second kappa shape index (κ2) is 12.8. The summed E-state index contributed by atoms with van der Waals surface area (Å²) in [6, 6.07) is 4.81. The number of aromatic hydroxyl groups is 1. The summed E-state index contributed by atoms with van der Waals surface area (Å²) in [5.74, 6) is -5.02. The molecule has 0 saturated carbocycles. The van der Waals surface area contributed by atoms with Crippen LogP contribution in [0.5, 0.6) is 5.75 Å². The number of hydrogen-bond donors (Lipinski definition) is 5. The van der Waals surface area contributed by atoms with Gasteiger partial charge >= 0.3 is 17.9 Å². The van der Waals surface area contributed by atoms with E-state index in [1.807, 2.05) is 0 Å². The lowest BCUT2D eigenvalue weighted by Gasteiger charge is -2.55. The average molecular weight is 580 g/mol. The van der Waals surface area contributed by atoms with E-state index in [0.717, 1.165) is 16.7 Å². The van der Waals surface area contributed by atoms with Crippen molar-refractivity contribution in [2.45, 2.75) is 36.4 Å². The van der Waals surface area contributed by atoms with E-state index < -0.39 is 59.2 Å². The summed E-state index contributed by atoms with van der Waals surface area (Å²) in [7, 11) is 2.46. The molecule has 14 nitrogen and oxygen atoms in total. The van der Waals surface area contributed by atoms with Gasteiger partial charge in [0.2, 0.25) is 11.7 Å². The van der Waals surface area contributed by atoms with Crippen LogP contribution in [0.25, 0.3) is 6.08 Å². The third-order valence-electron chi connectivity index (χ3n) is 6.19. The van der Waals surface area contributed by atoms with Crippen LogP contribution in [0.2, 0.25) is 0 Å². The number of benzene rings is 1. The van der Waals surface area contributed by atoms with Crippen molar-refractivity contribution in [3.63, 3.8) is 0 Å². The van der Waals surface area contributed by atoms with Crippen molar-refractivity contribution >= 4 is 47.6 Å². The molecule has 1 saturated heterocycles. The number of phenols is 1. The first-order valence-corrected chi connectivity index (χ1v) is 13.0. The number of carboxylic acid groups (broad SMARTS) is 2. The number of nitrogens with one attached hydrogen (secondary N) is 1. The number of carboxylic acids is 2. The van der Waals surface area contributed by atoms with Crippen LogP contribution in [0.1, 0.15) is 24.8 Å². The van der Waals surface area contributed by atoms with Crippen LogP contribution >= 0.6 is 11.8 Å². The van der Waals surface area contributed by atoms with Gasteiger partial charge in [0.05, 0.1) is 7.11 Å². The summed E-state index contributed by atoms with van der Waals surface area (Å²) in [6.45, 7) is -0.448. The average Bonchev–Trinajstić information content (AvgIpc) is 2.93. The van der Waals surface area contributed by atoms with Gasteiger partial charge in [-0.05, 0) is 36.6 Å². The Morgan fingerprint density at radius 3 is 2.48 bits per heavy atom. The number of ether oxygens (including phenoxy) is 3. The number of carbonyl (C=O) groups is 5. The number of carbonyl (C=O) groups excluding carboxylic acids is 3. The van der Waals surface area contributed by atoms with Crippen molar-refractivity contribution in [3.8, 4) is 5.75 Å². The third-order valence-corrected chi connectivity index (χ3v) is 7.56. The number of amides is 2. The molecule has 0 radical (unpaired) electrons. The lowest BCUT2D eigenvalue weighted by Crippen LogP contribution is -2.80. The maximum Gasteiger partial charge on any atom is 0.373 e. The molecule has 0 spiro atoms. The molecule has 0 aliphatic carbocycles. The molecular weight excluding hydrogens is 550 g/mol. The quantitative estimate of drug-likeness (QED) is 0.0696. The molecule has 216 valence electrons. The Balaban J connectivity index is 1.70. The SMILES string of the molecule is CO/C(=C\c1ccc(O)cc1)C(=O)OCC1=C(C(=O)O)N2C(=O)[C@@](NC(=O)CCC[C@@H](N)C(=O)O)(OC)[C@H]2SC1. The van der Waals surface area contributed by atoms with Crippen molar-refractivity contribution < 1.29 is 53.5 Å². The number of aliphatic carboxylic acids is 2. The zero-order chi connectivity index (χ0) is 29.6. The molecule has 1 aromatic carbocycles. The number of phenolic OH excluding ortho intramolecular Hbond substituents is 1. The molecule has 40 heavy (non-hydrogen) atoms. The monoisotopic (exact) mass is 579 g/mol. The maximum absolute atomic E-state index is 13.2. The standard InChI is InChI=1S/C25H29N3O11S/c1-37-17(10-13-6-8-15(29)9-7-13)22(35)39-11-14-12-40-24-25(38-2,23(36)28(24)19(14)21(33)34)27-18(30)5-3-4-16(26)20(31)32/h6-10,16,24,29H,3-5,11-12,26H2,1-2H3,(H,27,30)(H,31,32)(H,33,34)/b17-10-/t16-,24-,25-/m1/s1. The van der Waals surface area contributed by atoms with Gasteiger partial charge in [-0.2, -0.15) is 0 Å². The first-order chi connectivity index (χ1) is 18.9. The minimum atomic E-state index is -1.82. The Kier molecular flexibility index (Phi) is 9.78. The number of nitrogens with zero attached hydrogens (tertiary/aromatic N) is 1. The van der Waals surface area contributed by atoms with Crippen LogP contribution in [-0.4, -0.2) is 93.7 Å². The fourth-order valence-corrected chi connectivity index (χ4v) is 5.50. The summed E-state index contributed by atoms with van der Waals surface area (Å²) < 4.78 is 15.7. The number of thioether (sulfide) groups is 1. The molecule has 2 aliphatic rings. The zero-order valence-corrected chi connectivity index (χ0v) is 22.4. The smallest absolute Gasteiger partial charge is 0.373 e. The number of rotatable bonds is 13. The third kappa shape index (κ3) is 6.38. The number of β-lactam (4-membered cyclic amide) rings is 1. The topological polar surface area (TPSA) is 215 Å². The molecule has 2 aliphatic heterocycles. The largest absolute Gasteiger partial charge is 0.508 e. The van der Waals surface area contributed by atoms with Gasteiger partial charge in [0.1, 0.15) is 29.5 Å². The Hall–Kier alpha value is -4.08. The minimum Gasteiger partial charge on any atom is -0.508 e. The maximum atomic E-state index is 13.2. The molecule has 2 heterocycles. The van der Waals surface area contributed by atoms with Gasteiger partial charge in [0.25, 0.3) is 11.6 Å². The zero-order valence-electron chi connectivity index (χ0n) is 21.6. The molecule has 6 N–H and O–H groups in total. The van der Waals surface area contributed by atoms with E-state index in [9.17, 15) is 34.2 Å². The second-order valence-electron chi connectivity index (χ2n) is 8.80. The lowest BCUT2D eigenvalue weighted by molar-refractivity contribution is -0.192. The number of methoxy groups -OCH3 is 2. The van der Waals surface area contributed by atoms with Gasteiger partial charge in [-0.1, -0.05) is 12.1 Å². The van der Waals surface area contributed by atoms with Gasteiger partial charge in [-0.15, -0.1) is 11.8 Å². The van der Waals surface area contributed by atoms with Crippen molar-refractivity contribution in [2.24, 2.45) is 5.73 Å². The molecule has 0 unspecified atom stereocenters. The van der Waals surface area contributed by atoms with E-state index in [0.29, 0.717) is 5.56 Å². The summed E-state index contributed by atoms with van der Waals surface area (Å²) >= 11 is 1.11. The molecule has 2 amide bonds. The van der Waals surface area contributed by atoms with Crippen molar-refractivity contribution in [3.05, 3.63) is 46.9 Å². The van der Waals surface area contributed by atoms with Gasteiger partial charge in [0.15, 0.2) is 0 Å². The predicted molar refractivity (Wildman–Crippen MR) is 139 cm³/mol. The highest BCUT2D eigenvalue weighted by atomic mass is 32.2. The highest BCUT2D eigenvalue weighted by molar-refractivity contribution is 8.00. The highest BCUT2D eigenvalue weighted by Gasteiger charge is 2.66. The number of fused-ring (bicyclic) bond motifs is 1. The van der Waals surface area contributed by atoms with Gasteiger partial charge in [-0.3, -0.25) is 19.3 Å². The van der Waals surface area contributed by atoms with Crippen molar-refractivity contribution in [1.29, 1.82) is 0 Å². The molecule has 0 aromatic heterocycles. The fraction of sp³-hybridized carbons (Fsp3) is 0.400. The fourth-order valence-electron chi connectivity index (χ4n) is 4.08. The van der Waals surface area contributed by atoms with Crippen LogP contribution in [0.15, 0.2) is 41.3 Å². The molecule has 3 atom stereocenters. The van der Waals surface area contributed by atoms with E-state index in [-0.39, 0.29) is 42.1 Å². The number of hydrogen-bond acceptors (Lipinski definition) is 11. The Bertz CT molecular complexity index is 1250. The first-order valence-electron chi connectivity index (χ1n) is 11.9. The van der Waals surface area contributed by atoms with E-state index in [1.54, 1.807) is 12.1 Å². The lowest BCUT2D eigenvalue weighted by atomic mass is 9.97. The molecular formula is C25H29N3O11S. The minimum absolute atomic E-state index is 0.0398. The summed E-state index contributed by atoms with van der Waals surface area (Å²) in [4.78, 5) is 62.2. The van der Waals surface area contributed by atoms with E-state index in [1.165, 1.54) is 32.4 Å². The Morgan fingerprint density at radius 1 is 1.23 bits per heavy atom. The Labute approximate surface area is 232 Å². The first kappa shape index (κ1) is 30.5. The molecule has 1 fully saturated rings. The molecule has 3 rings (SSSR count). The molecule has 0 bridgehead atoms. The molecule has 15 heteroatoms.